The minimum absolute atomic E-state index is 0.198. The predicted molar refractivity (Wildman–Crippen MR) is 120 cm³/mol. The first-order valence-corrected chi connectivity index (χ1v) is 10.5. The zero-order chi connectivity index (χ0) is 22.0. The number of benzene rings is 2. The van der Waals surface area contributed by atoms with Gasteiger partial charge in [0.05, 0.1) is 0 Å². The second-order valence-corrected chi connectivity index (χ2v) is 7.98. The van der Waals surface area contributed by atoms with Crippen molar-refractivity contribution in [2.75, 3.05) is 6.54 Å². The summed E-state index contributed by atoms with van der Waals surface area (Å²) in [7, 11) is 0. The maximum atomic E-state index is 12.7. The molecule has 0 radical (unpaired) electrons. The molecule has 1 atom stereocenters. The molecule has 2 aromatic rings. The molecular weight excluding hydrogens is 378 g/mol. The lowest BCUT2D eigenvalue weighted by Gasteiger charge is -2.25. The average Bonchev–Trinajstić information content (AvgIpc) is 2.75. The fraction of sp³-hybridized carbons (Fsp3) is 0.417. The maximum Gasteiger partial charge on any atom is 0.408 e. The monoisotopic (exact) mass is 411 g/mol. The summed E-state index contributed by atoms with van der Waals surface area (Å²) < 4.78 is 5.32. The number of rotatable bonds is 10. The molecule has 0 saturated heterocycles. The Morgan fingerprint density at radius 2 is 1.77 bits per heavy atom. The number of carbonyl (C=O) groups is 2. The zero-order valence-corrected chi connectivity index (χ0v) is 18.1. The molecule has 2 rings (SSSR count). The summed E-state index contributed by atoms with van der Waals surface area (Å²) in [6.07, 6.45) is 1.66. The lowest BCUT2D eigenvalue weighted by atomic mass is 10.0. The molecule has 0 spiro atoms. The molecule has 0 aromatic heterocycles. The van der Waals surface area contributed by atoms with E-state index in [0.717, 1.165) is 29.5 Å². The zero-order valence-electron chi connectivity index (χ0n) is 18.1. The number of hydrogen-bond donors (Lipinski definition) is 3. The third-order valence-corrected chi connectivity index (χ3v) is 4.82. The van der Waals surface area contributed by atoms with Gasteiger partial charge in [0.15, 0.2) is 0 Å². The fourth-order valence-corrected chi connectivity index (χ4v) is 2.95. The summed E-state index contributed by atoms with van der Waals surface area (Å²) in [5.41, 5.74) is 8.03. The van der Waals surface area contributed by atoms with Crippen LogP contribution in [0.25, 0.3) is 11.1 Å². The van der Waals surface area contributed by atoms with Crippen LogP contribution in [0.4, 0.5) is 4.79 Å². The summed E-state index contributed by atoms with van der Waals surface area (Å²) in [6, 6.07) is 17.5. The van der Waals surface area contributed by atoms with Crippen molar-refractivity contribution in [2.45, 2.75) is 58.2 Å². The minimum atomic E-state index is -0.784. The van der Waals surface area contributed by atoms with Gasteiger partial charge in [-0.2, -0.15) is 0 Å². The van der Waals surface area contributed by atoms with E-state index in [1.165, 1.54) is 0 Å². The van der Waals surface area contributed by atoms with Crippen molar-refractivity contribution in [3.05, 3.63) is 60.2 Å². The normalized spacial score (nSPS) is 12.1. The molecule has 0 heterocycles. The molecule has 2 amide bonds. The maximum absolute atomic E-state index is 12.7. The van der Waals surface area contributed by atoms with Gasteiger partial charge in [-0.05, 0) is 43.0 Å². The smallest absolute Gasteiger partial charge is 0.408 e. The molecule has 162 valence electrons. The molecule has 30 heavy (non-hydrogen) atoms. The number of carbonyl (C=O) groups excluding carboxylic acids is 2. The molecular formula is C24H33N3O3. The summed E-state index contributed by atoms with van der Waals surface area (Å²) in [4.78, 5) is 24.9. The standard InChI is InChI=1S/C24H33N3O3/c1-4-5-14-21(27-23(29)30-24(2,3)17-25)22(28)26-16-18-10-9-13-20(15-18)19-11-7-6-8-12-19/h6-13,15,21H,4-5,14,16-17,25H2,1-3H3,(H,26,28)(H,27,29). The molecule has 0 aliphatic heterocycles. The Bertz CT molecular complexity index is 821. The minimum Gasteiger partial charge on any atom is -0.442 e. The van der Waals surface area contributed by atoms with Crippen LogP contribution >= 0.6 is 0 Å². The third-order valence-electron chi connectivity index (χ3n) is 4.82. The Morgan fingerprint density at radius 1 is 1.07 bits per heavy atom. The first kappa shape index (κ1) is 23.4. The number of ether oxygens (including phenoxy) is 1. The SMILES string of the molecule is CCCCC(NC(=O)OC(C)(C)CN)C(=O)NCc1cccc(-c2ccccc2)c1. The van der Waals surface area contributed by atoms with Gasteiger partial charge >= 0.3 is 6.09 Å². The molecule has 1 unspecified atom stereocenters. The van der Waals surface area contributed by atoms with Crippen LogP contribution in [0.2, 0.25) is 0 Å². The van der Waals surface area contributed by atoms with Crippen LogP contribution in [0.5, 0.6) is 0 Å². The van der Waals surface area contributed by atoms with Crippen LogP contribution in [-0.4, -0.2) is 30.2 Å². The first-order valence-electron chi connectivity index (χ1n) is 10.5. The average molecular weight is 412 g/mol. The van der Waals surface area contributed by atoms with E-state index in [0.29, 0.717) is 13.0 Å². The molecule has 6 nitrogen and oxygen atoms in total. The molecule has 0 saturated carbocycles. The molecule has 6 heteroatoms. The number of hydrogen-bond acceptors (Lipinski definition) is 4. The molecule has 4 N–H and O–H groups in total. The Morgan fingerprint density at radius 3 is 2.43 bits per heavy atom. The van der Waals surface area contributed by atoms with Crippen LogP contribution in [0.15, 0.2) is 54.6 Å². The van der Waals surface area contributed by atoms with Crippen molar-refractivity contribution in [3.8, 4) is 11.1 Å². The number of alkyl carbamates (subject to hydrolysis) is 1. The van der Waals surface area contributed by atoms with E-state index in [-0.39, 0.29) is 12.5 Å². The third kappa shape index (κ3) is 7.52. The summed E-state index contributed by atoms with van der Waals surface area (Å²) >= 11 is 0. The van der Waals surface area contributed by atoms with Crippen molar-refractivity contribution in [1.29, 1.82) is 0 Å². The van der Waals surface area contributed by atoms with Gasteiger partial charge in [-0.15, -0.1) is 0 Å². The van der Waals surface area contributed by atoms with Crippen LogP contribution in [-0.2, 0) is 16.1 Å². The van der Waals surface area contributed by atoms with Crippen LogP contribution < -0.4 is 16.4 Å². The first-order chi connectivity index (χ1) is 14.3. The summed E-state index contributed by atoms with van der Waals surface area (Å²) in [5, 5.41) is 5.62. The lowest BCUT2D eigenvalue weighted by molar-refractivity contribution is -0.123. The highest BCUT2D eigenvalue weighted by atomic mass is 16.6. The number of amides is 2. The van der Waals surface area contributed by atoms with Crippen molar-refractivity contribution in [3.63, 3.8) is 0 Å². The highest BCUT2D eigenvalue weighted by molar-refractivity contribution is 5.85. The quantitative estimate of drug-likeness (QED) is 0.551. The van der Waals surface area contributed by atoms with E-state index in [4.69, 9.17) is 10.5 Å². The molecule has 0 aliphatic carbocycles. The fourth-order valence-electron chi connectivity index (χ4n) is 2.95. The van der Waals surface area contributed by atoms with Gasteiger partial charge in [-0.3, -0.25) is 4.79 Å². The van der Waals surface area contributed by atoms with Crippen LogP contribution in [0.1, 0.15) is 45.6 Å². The van der Waals surface area contributed by atoms with E-state index in [1.807, 2.05) is 43.3 Å². The van der Waals surface area contributed by atoms with Gasteiger partial charge in [-0.1, -0.05) is 68.3 Å². The van der Waals surface area contributed by atoms with Crippen LogP contribution in [0.3, 0.4) is 0 Å². The topological polar surface area (TPSA) is 93.4 Å². The largest absolute Gasteiger partial charge is 0.442 e. The lowest BCUT2D eigenvalue weighted by Crippen LogP contribution is -2.49. The van der Waals surface area contributed by atoms with E-state index < -0.39 is 17.7 Å². The van der Waals surface area contributed by atoms with E-state index in [9.17, 15) is 9.59 Å². The van der Waals surface area contributed by atoms with Gasteiger partial charge in [0, 0.05) is 13.1 Å². The van der Waals surface area contributed by atoms with Crippen molar-refractivity contribution >= 4 is 12.0 Å². The van der Waals surface area contributed by atoms with E-state index >= 15 is 0 Å². The van der Waals surface area contributed by atoms with Crippen LogP contribution in [0, 0.1) is 0 Å². The summed E-state index contributed by atoms with van der Waals surface area (Å²) in [6.45, 7) is 6.08. The molecule has 0 fully saturated rings. The second kappa shape index (κ2) is 11.4. The van der Waals surface area contributed by atoms with Gasteiger partial charge < -0.3 is 21.1 Å². The molecule has 0 aliphatic rings. The Labute approximate surface area is 179 Å². The highest BCUT2D eigenvalue weighted by Crippen LogP contribution is 2.20. The molecule has 2 aromatic carbocycles. The molecule has 0 bridgehead atoms. The Balaban J connectivity index is 1.99. The highest BCUT2D eigenvalue weighted by Gasteiger charge is 2.25. The Kier molecular flexibility index (Phi) is 8.87. The predicted octanol–water partition coefficient (Wildman–Crippen LogP) is 3.99. The summed E-state index contributed by atoms with van der Waals surface area (Å²) in [5.74, 6) is -0.226. The van der Waals surface area contributed by atoms with E-state index in [1.54, 1.807) is 13.8 Å². The van der Waals surface area contributed by atoms with E-state index in [2.05, 4.69) is 28.8 Å². The number of nitrogens with two attached hydrogens (primary N) is 1. The van der Waals surface area contributed by atoms with Gasteiger partial charge in [0.2, 0.25) is 5.91 Å². The number of nitrogens with one attached hydrogen (secondary N) is 2. The van der Waals surface area contributed by atoms with Crippen molar-refractivity contribution in [2.24, 2.45) is 5.73 Å². The van der Waals surface area contributed by atoms with Gasteiger partial charge in [-0.25, -0.2) is 4.79 Å². The van der Waals surface area contributed by atoms with Gasteiger partial charge in [0.25, 0.3) is 0 Å². The van der Waals surface area contributed by atoms with Crippen molar-refractivity contribution < 1.29 is 14.3 Å². The number of unbranched alkanes of at least 4 members (excludes halogenated alkanes) is 1. The van der Waals surface area contributed by atoms with Gasteiger partial charge in [0.1, 0.15) is 11.6 Å². The Hall–Kier alpha value is -2.86. The van der Waals surface area contributed by atoms with Crippen molar-refractivity contribution in [1.82, 2.24) is 10.6 Å². The second-order valence-electron chi connectivity index (χ2n) is 7.98.